The van der Waals surface area contributed by atoms with Crippen molar-refractivity contribution in [1.29, 1.82) is 0 Å². The number of carbonyl (C=O) groups is 1. The SMILES string of the molecule is CC(C)(C)OC(=O)N1CCC2(CCN(c3cccnc3)CC2)C1.[Na]. The zero-order valence-electron chi connectivity index (χ0n) is 15.4. The van der Waals surface area contributed by atoms with Gasteiger partial charge in [0.05, 0.1) is 11.9 Å². The van der Waals surface area contributed by atoms with E-state index in [2.05, 4.69) is 16.0 Å². The van der Waals surface area contributed by atoms with Gasteiger partial charge < -0.3 is 14.5 Å². The molecule has 2 aliphatic rings. The molecule has 1 aromatic heterocycles. The second kappa shape index (κ2) is 7.63. The van der Waals surface area contributed by atoms with Crippen LogP contribution in [0.25, 0.3) is 0 Å². The second-order valence-corrected chi connectivity index (χ2v) is 7.85. The van der Waals surface area contributed by atoms with Gasteiger partial charge in [-0.2, -0.15) is 0 Å². The molecule has 0 atom stereocenters. The Morgan fingerprint density at radius 2 is 1.88 bits per heavy atom. The van der Waals surface area contributed by atoms with E-state index in [4.69, 9.17) is 4.74 Å². The summed E-state index contributed by atoms with van der Waals surface area (Å²) in [6.45, 7) is 9.49. The molecular weight excluding hydrogens is 313 g/mol. The third-order valence-corrected chi connectivity index (χ3v) is 4.93. The van der Waals surface area contributed by atoms with Gasteiger partial charge in [-0.15, -0.1) is 0 Å². The van der Waals surface area contributed by atoms with Crippen LogP contribution in [0.1, 0.15) is 40.0 Å². The van der Waals surface area contributed by atoms with E-state index in [-0.39, 0.29) is 41.1 Å². The van der Waals surface area contributed by atoms with Crippen molar-refractivity contribution in [2.75, 3.05) is 31.1 Å². The van der Waals surface area contributed by atoms with Crippen LogP contribution in [0.3, 0.4) is 0 Å². The summed E-state index contributed by atoms with van der Waals surface area (Å²) in [4.78, 5) is 20.8. The molecular formula is C18H27N3NaO2. The Morgan fingerprint density at radius 1 is 1.21 bits per heavy atom. The van der Waals surface area contributed by atoms with Crippen LogP contribution in [0.4, 0.5) is 10.5 Å². The van der Waals surface area contributed by atoms with Gasteiger partial charge in [-0.25, -0.2) is 4.79 Å². The summed E-state index contributed by atoms with van der Waals surface area (Å²) < 4.78 is 5.51. The molecule has 3 heterocycles. The zero-order valence-corrected chi connectivity index (χ0v) is 17.4. The number of hydrogen-bond donors (Lipinski definition) is 0. The second-order valence-electron chi connectivity index (χ2n) is 7.85. The molecule has 5 nitrogen and oxygen atoms in total. The topological polar surface area (TPSA) is 45.7 Å². The summed E-state index contributed by atoms with van der Waals surface area (Å²) in [5.41, 5.74) is 1.05. The first kappa shape index (κ1) is 19.5. The summed E-state index contributed by atoms with van der Waals surface area (Å²) in [7, 11) is 0. The number of aromatic nitrogens is 1. The molecule has 0 unspecified atom stereocenters. The maximum atomic E-state index is 12.3. The molecule has 1 radical (unpaired) electrons. The van der Waals surface area contributed by atoms with Crippen molar-refractivity contribution in [3.05, 3.63) is 24.5 Å². The van der Waals surface area contributed by atoms with E-state index in [1.165, 1.54) is 5.69 Å². The number of ether oxygens (including phenoxy) is 1. The molecule has 1 aromatic rings. The van der Waals surface area contributed by atoms with Crippen molar-refractivity contribution in [2.24, 2.45) is 5.41 Å². The van der Waals surface area contributed by atoms with Crippen molar-refractivity contribution in [3.8, 4) is 0 Å². The minimum atomic E-state index is -0.420. The summed E-state index contributed by atoms with van der Waals surface area (Å²) in [6, 6.07) is 4.10. The number of piperidine rings is 1. The van der Waals surface area contributed by atoms with E-state index in [0.29, 0.717) is 0 Å². The molecule has 1 spiro atoms. The first-order valence-corrected chi connectivity index (χ1v) is 8.50. The molecule has 0 aliphatic carbocycles. The van der Waals surface area contributed by atoms with Crippen LogP contribution in [-0.4, -0.2) is 77.3 Å². The fourth-order valence-electron chi connectivity index (χ4n) is 3.61. The van der Waals surface area contributed by atoms with Gasteiger partial charge in [-0.05, 0) is 57.6 Å². The van der Waals surface area contributed by atoms with Gasteiger partial charge in [0.1, 0.15) is 5.60 Å². The van der Waals surface area contributed by atoms with Crippen molar-refractivity contribution < 1.29 is 9.53 Å². The average Bonchev–Trinajstić information content (AvgIpc) is 2.91. The first-order valence-electron chi connectivity index (χ1n) is 8.50. The standard InChI is InChI=1S/C18H27N3O2.Na/c1-17(2,3)23-16(22)21-12-8-18(14-21)6-10-20(11-7-18)15-5-4-9-19-13-15;/h4-5,9,13H,6-8,10-12,14H2,1-3H3;. The Bertz CT molecular complexity index is 551. The fourth-order valence-corrected chi connectivity index (χ4v) is 3.61. The number of pyridine rings is 1. The number of likely N-dealkylation sites (tertiary alicyclic amines) is 1. The minimum absolute atomic E-state index is 0. The van der Waals surface area contributed by atoms with Crippen LogP contribution in [0.2, 0.25) is 0 Å². The predicted octanol–water partition coefficient (Wildman–Crippen LogP) is 2.93. The molecule has 24 heavy (non-hydrogen) atoms. The Hall–Kier alpha value is -0.780. The fraction of sp³-hybridized carbons (Fsp3) is 0.667. The van der Waals surface area contributed by atoms with Crippen molar-refractivity contribution in [2.45, 2.75) is 45.6 Å². The number of hydrogen-bond acceptors (Lipinski definition) is 4. The van der Waals surface area contributed by atoms with E-state index < -0.39 is 5.60 Å². The zero-order chi connectivity index (χ0) is 16.5. The number of nitrogens with zero attached hydrogens (tertiary/aromatic N) is 3. The van der Waals surface area contributed by atoms with Crippen LogP contribution >= 0.6 is 0 Å². The van der Waals surface area contributed by atoms with Gasteiger partial charge in [-0.1, -0.05) is 0 Å². The molecule has 2 aliphatic heterocycles. The van der Waals surface area contributed by atoms with E-state index in [1.807, 2.05) is 44.1 Å². The molecule has 0 N–H and O–H groups in total. The molecule has 0 aromatic carbocycles. The van der Waals surface area contributed by atoms with E-state index in [9.17, 15) is 4.79 Å². The smallest absolute Gasteiger partial charge is 0.410 e. The van der Waals surface area contributed by atoms with Crippen molar-refractivity contribution >= 4 is 41.3 Å². The Labute approximate surface area is 167 Å². The van der Waals surface area contributed by atoms with Crippen LogP contribution in [0.5, 0.6) is 0 Å². The van der Waals surface area contributed by atoms with Gasteiger partial charge >= 0.3 is 6.09 Å². The van der Waals surface area contributed by atoms with Crippen LogP contribution < -0.4 is 4.90 Å². The van der Waals surface area contributed by atoms with Crippen LogP contribution in [-0.2, 0) is 4.74 Å². The summed E-state index contributed by atoms with van der Waals surface area (Å²) in [6.07, 6.45) is 6.92. The van der Waals surface area contributed by atoms with Crippen LogP contribution in [0.15, 0.2) is 24.5 Å². The van der Waals surface area contributed by atoms with Gasteiger partial charge in [0.15, 0.2) is 0 Å². The van der Waals surface area contributed by atoms with Crippen molar-refractivity contribution in [1.82, 2.24) is 9.88 Å². The van der Waals surface area contributed by atoms with Crippen LogP contribution in [0, 0.1) is 5.41 Å². The molecule has 0 saturated carbocycles. The Morgan fingerprint density at radius 3 is 2.46 bits per heavy atom. The van der Waals surface area contributed by atoms with Crippen molar-refractivity contribution in [3.63, 3.8) is 0 Å². The summed E-state index contributed by atoms with van der Waals surface area (Å²) >= 11 is 0. The van der Waals surface area contributed by atoms with E-state index >= 15 is 0 Å². The molecule has 3 rings (SSSR count). The van der Waals surface area contributed by atoms with Gasteiger partial charge in [0.2, 0.25) is 0 Å². The maximum Gasteiger partial charge on any atom is 0.410 e. The van der Waals surface area contributed by atoms with Gasteiger partial charge in [0, 0.05) is 61.9 Å². The number of rotatable bonds is 1. The molecule has 1 amide bonds. The molecule has 0 bridgehead atoms. The molecule has 6 heteroatoms. The Balaban J connectivity index is 0.00000208. The minimum Gasteiger partial charge on any atom is -0.444 e. The third-order valence-electron chi connectivity index (χ3n) is 4.93. The molecule has 127 valence electrons. The molecule has 2 fully saturated rings. The number of amides is 1. The maximum absolute atomic E-state index is 12.3. The normalized spacial score (nSPS) is 20.0. The third kappa shape index (κ3) is 4.64. The molecule has 2 saturated heterocycles. The number of carbonyl (C=O) groups excluding carboxylic acids is 1. The quantitative estimate of drug-likeness (QED) is 0.738. The summed E-state index contributed by atoms with van der Waals surface area (Å²) in [5, 5.41) is 0. The number of anilines is 1. The van der Waals surface area contributed by atoms with E-state index in [1.54, 1.807) is 0 Å². The predicted molar refractivity (Wildman–Crippen MR) is 96.3 cm³/mol. The van der Waals surface area contributed by atoms with Gasteiger partial charge in [-0.3, -0.25) is 4.98 Å². The largest absolute Gasteiger partial charge is 0.444 e. The van der Waals surface area contributed by atoms with E-state index in [0.717, 1.165) is 45.4 Å². The van der Waals surface area contributed by atoms with Gasteiger partial charge in [0.25, 0.3) is 0 Å². The first-order chi connectivity index (χ1) is 10.9. The monoisotopic (exact) mass is 340 g/mol. The summed E-state index contributed by atoms with van der Waals surface area (Å²) in [5.74, 6) is 0. The average molecular weight is 340 g/mol. The Kier molecular flexibility index (Phi) is 6.21.